The molecule has 5 N–H and O–H groups in total. The summed E-state index contributed by atoms with van der Waals surface area (Å²) in [6, 6.07) is 1.82. The van der Waals surface area contributed by atoms with Crippen LogP contribution in [0.5, 0.6) is 5.75 Å². The molecule has 0 radical (unpaired) electrons. The second-order valence-corrected chi connectivity index (χ2v) is 10.6. The van der Waals surface area contributed by atoms with Crippen LogP contribution >= 0.6 is 0 Å². The Morgan fingerprint density at radius 3 is 2.26 bits per heavy atom. The van der Waals surface area contributed by atoms with Crippen LogP contribution in [-0.2, 0) is 33.8 Å². The highest BCUT2D eigenvalue weighted by Crippen LogP contribution is 2.52. The van der Waals surface area contributed by atoms with Gasteiger partial charge in [0.05, 0.1) is 11.1 Å². The van der Waals surface area contributed by atoms with E-state index < -0.39 is 40.5 Å². The Bertz CT molecular complexity index is 1160. The number of phenols is 1. The topological polar surface area (TPSA) is 138 Å². The Labute approximate surface area is 206 Å². The van der Waals surface area contributed by atoms with Gasteiger partial charge in [-0.1, -0.05) is 39.3 Å². The van der Waals surface area contributed by atoms with Crippen molar-refractivity contribution in [1.29, 1.82) is 0 Å². The minimum absolute atomic E-state index is 0.0476. The number of rotatable bonds is 3. The molecule has 190 valence electrons. The number of aliphatic hydroxyl groups is 2. The lowest BCUT2D eigenvalue weighted by atomic mass is 9.57. The number of benzene rings is 1. The number of ketones is 3. The van der Waals surface area contributed by atoms with Gasteiger partial charge in [0.25, 0.3) is 0 Å². The molecule has 0 aromatic heterocycles. The maximum atomic E-state index is 13.5. The molecule has 7 heteroatoms. The third kappa shape index (κ3) is 4.25. The number of allylic oxidation sites excluding steroid dienone is 1. The Morgan fingerprint density at radius 1 is 1.14 bits per heavy atom. The van der Waals surface area contributed by atoms with Crippen molar-refractivity contribution in [3.63, 3.8) is 0 Å². The van der Waals surface area contributed by atoms with Crippen LogP contribution in [0.25, 0.3) is 5.76 Å². The van der Waals surface area contributed by atoms with E-state index in [2.05, 4.69) is 20.8 Å². The molecular weight excluding hydrogens is 446 g/mol. The smallest absolute Gasteiger partial charge is 0.206 e. The fourth-order valence-electron chi connectivity index (χ4n) is 5.70. The lowest BCUT2D eigenvalue weighted by Gasteiger charge is -2.46. The highest BCUT2D eigenvalue weighted by Gasteiger charge is 2.60. The van der Waals surface area contributed by atoms with Crippen molar-refractivity contribution < 1.29 is 29.7 Å². The predicted molar refractivity (Wildman–Crippen MR) is 134 cm³/mol. The van der Waals surface area contributed by atoms with Crippen LogP contribution in [-0.4, -0.2) is 38.3 Å². The molecule has 4 rings (SSSR count). The van der Waals surface area contributed by atoms with E-state index in [1.807, 2.05) is 13.0 Å². The van der Waals surface area contributed by atoms with Gasteiger partial charge in [-0.2, -0.15) is 0 Å². The van der Waals surface area contributed by atoms with Crippen molar-refractivity contribution in [3.8, 4) is 5.75 Å². The predicted octanol–water partition coefficient (Wildman–Crippen LogP) is 3.72. The summed E-state index contributed by atoms with van der Waals surface area (Å²) in [5, 5.41) is 33.2. The number of phenolic OH excluding ortho intramolecular Hbond substituents is 1. The summed E-state index contributed by atoms with van der Waals surface area (Å²) in [5.74, 6) is -3.07. The van der Waals surface area contributed by atoms with Gasteiger partial charge in [-0.3, -0.25) is 14.4 Å². The third-order valence-corrected chi connectivity index (χ3v) is 7.19. The molecule has 7 nitrogen and oxygen atoms in total. The van der Waals surface area contributed by atoms with E-state index in [1.54, 1.807) is 6.92 Å². The summed E-state index contributed by atoms with van der Waals surface area (Å²) in [4.78, 5) is 38.7. The molecule has 1 aromatic rings. The molecule has 35 heavy (non-hydrogen) atoms. The quantitative estimate of drug-likeness (QED) is 0.380. The average molecular weight is 484 g/mol. The maximum Gasteiger partial charge on any atom is 0.206 e. The molecule has 3 aliphatic rings. The molecule has 0 spiro atoms. The first-order valence-corrected chi connectivity index (χ1v) is 12.3. The first-order valence-electron chi connectivity index (χ1n) is 12.3. The van der Waals surface area contributed by atoms with Gasteiger partial charge in [-0.25, -0.2) is 0 Å². The van der Waals surface area contributed by atoms with Gasteiger partial charge in [0, 0.05) is 23.6 Å². The van der Waals surface area contributed by atoms with Crippen molar-refractivity contribution in [3.05, 3.63) is 45.0 Å². The molecular formula is C28H37NO6. The van der Waals surface area contributed by atoms with E-state index in [1.165, 1.54) is 6.92 Å². The van der Waals surface area contributed by atoms with Crippen molar-refractivity contribution in [1.82, 2.24) is 0 Å². The lowest BCUT2D eigenvalue weighted by Crippen LogP contribution is -2.61. The fourth-order valence-corrected chi connectivity index (χ4v) is 5.70. The summed E-state index contributed by atoms with van der Waals surface area (Å²) in [5.41, 5.74) is 6.06. The van der Waals surface area contributed by atoms with Crippen LogP contribution in [0, 0.1) is 17.8 Å². The highest BCUT2D eigenvalue weighted by atomic mass is 16.3. The molecule has 0 bridgehead atoms. The second kappa shape index (κ2) is 9.70. The summed E-state index contributed by atoms with van der Waals surface area (Å²) in [7, 11) is 0. The van der Waals surface area contributed by atoms with Gasteiger partial charge in [0.2, 0.25) is 11.6 Å². The van der Waals surface area contributed by atoms with Crippen LogP contribution in [0.4, 0.5) is 0 Å². The van der Waals surface area contributed by atoms with E-state index in [9.17, 15) is 29.7 Å². The molecule has 3 atom stereocenters. The zero-order valence-corrected chi connectivity index (χ0v) is 21.5. The number of aliphatic hydroxyl groups excluding tert-OH is 1. The number of hydrogen-bond donors (Lipinski definition) is 4. The third-order valence-electron chi connectivity index (χ3n) is 7.19. The van der Waals surface area contributed by atoms with Crippen LogP contribution in [0.15, 0.2) is 22.8 Å². The van der Waals surface area contributed by atoms with Crippen molar-refractivity contribution in [2.45, 2.75) is 79.4 Å². The molecule has 1 fully saturated rings. The fraction of sp³-hybridized carbons (Fsp3) is 0.536. The van der Waals surface area contributed by atoms with Gasteiger partial charge in [0.15, 0.2) is 11.4 Å². The molecule has 0 aliphatic heterocycles. The van der Waals surface area contributed by atoms with Crippen LogP contribution in [0.1, 0.15) is 76.6 Å². The number of Topliss-reactive ketones (excluding diaryl/α,β-unsaturated/α-hetero) is 3. The van der Waals surface area contributed by atoms with Crippen LogP contribution < -0.4 is 5.73 Å². The number of carbonyl (C=O) groups is 3. The van der Waals surface area contributed by atoms with E-state index in [-0.39, 0.29) is 35.4 Å². The molecule has 0 unspecified atom stereocenters. The summed E-state index contributed by atoms with van der Waals surface area (Å²) >= 11 is 0. The highest BCUT2D eigenvalue weighted by molar-refractivity contribution is 6.33. The number of fused-ring (bicyclic) bond motifs is 3. The zero-order valence-electron chi connectivity index (χ0n) is 21.5. The van der Waals surface area contributed by atoms with Gasteiger partial charge >= 0.3 is 0 Å². The van der Waals surface area contributed by atoms with Gasteiger partial charge < -0.3 is 21.1 Å². The monoisotopic (exact) mass is 483 g/mol. The SMILES string of the molecule is CC(C)C.CCc1cc(CN)c(O)c2c1C[C@H]1C[C@H]3CC(C)=C(C(C)=O)C(=O)[C@@]3(O)C(=O)C1=C2O. The number of aromatic hydroxyl groups is 1. The lowest BCUT2D eigenvalue weighted by molar-refractivity contribution is -0.157. The number of carbonyl (C=O) groups excluding carboxylic acids is 3. The van der Waals surface area contributed by atoms with E-state index in [0.717, 1.165) is 17.0 Å². The van der Waals surface area contributed by atoms with Gasteiger partial charge in [0.1, 0.15) is 11.5 Å². The minimum Gasteiger partial charge on any atom is -0.507 e. The Morgan fingerprint density at radius 2 is 1.74 bits per heavy atom. The molecule has 0 heterocycles. The Kier molecular flexibility index (Phi) is 7.44. The molecule has 0 saturated heterocycles. The van der Waals surface area contributed by atoms with Crippen LogP contribution in [0.2, 0.25) is 0 Å². The average Bonchev–Trinajstić information content (AvgIpc) is 2.76. The molecule has 1 saturated carbocycles. The molecule has 0 amide bonds. The number of hydrogen-bond acceptors (Lipinski definition) is 7. The Hall–Kier alpha value is -2.77. The standard InChI is InChI=1S/C24H27NO6.C4H10/c1-4-12-6-14(9-25)20(27)19-16(12)8-13-7-15-5-10(2)17(11(3)26)22(29)24(15,31)23(30)18(13)21(19)28;1-4(2)3/h6,13,15,27-28,31H,4-5,7-9,25H2,1-3H3;4H,1-3H3/t13-,15-,24-;/m1./s1. The number of nitrogens with two attached hydrogens (primary N) is 1. The molecule has 1 aromatic carbocycles. The summed E-state index contributed by atoms with van der Waals surface area (Å²) < 4.78 is 0. The van der Waals surface area contributed by atoms with Crippen LogP contribution in [0.3, 0.4) is 0 Å². The molecule has 3 aliphatic carbocycles. The van der Waals surface area contributed by atoms with Crippen molar-refractivity contribution in [2.75, 3.05) is 0 Å². The van der Waals surface area contributed by atoms with E-state index in [4.69, 9.17) is 5.73 Å². The first kappa shape index (κ1) is 26.8. The van der Waals surface area contributed by atoms with E-state index >= 15 is 0 Å². The summed E-state index contributed by atoms with van der Waals surface area (Å²) in [6.07, 6.45) is 1.65. The maximum absolute atomic E-state index is 13.5. The minimum atomic E-state index is -2.38. The Balaban J connectivity index is 0.000000795. The summed E-state index contributed by atoms with van der Waals surface area (Å²) in [6.45, 7) is 11.4. The zero-order chi connectivity index (χ0) is 26.4. The van der Waals surface area contributed by atoms with Gasteiger partial charge in [-0.15, -0.1) is 0 Å². The van der Waals surface area contributed by atoms with E-state index in [0.29, 0.717) is 30.4 Å². The normalized spacial score (nSPS) is 25.6. The van der Waals surface area contributed by atoms with Gasteiger partial charge in [-0.05, 0) is 62.5 Å². The largest absolute Gasteiger partial charge is 0.507 e. The number of aryl methyl sites for hydroxylation is 1. The second-order valence-electron chi connectivity index (χ2n) is 10.6. The van der Waals surface area contributed by atoms with Crippen molar-refractivity contribution in [2.24, 2.45) is 23.5 Å². The van der Waals surface area contributed by atoms with Crippen molar-refractivity contribution >= 4 is 23.1 Å². The first-order chi connectivity index (χ1) is 16.3.